The number of carbonyl (C=O) groups is 4. The Morgan fingerprint density at radius 1 is 1.10 bits per heavy atom. The Bertz CT molecular complexity index is 1220. The Hall–Kier alpha value is -4.19. The number of rotatable bonds is 10. The van der Waals surface area contributed by atoms with E-state index in [0.29, 0.717) is 0 Å². The summed E-state index contributed by atoms with van der Waals surface area (Å²) in [6, 6.07) is 8.86. The van der Waals surface area contributed by atoms with Gasteiger partial charge in [-0.1, -0.05) is 44.2 Å². The second-order valence-corrected chi connectivity index (χ2v) is 10.1. The highest BCUT2D eigenvalue weighted by Gasteiger charge is 2.42. The number of esters is 3. The number of ether oxygens (including phenoxy) is 5. The molecule has 12 nitrogen and oxygen atoms in total. The fourth-order valence-electron chi connectivity index (χ4n) is 3.95. The summed E-state index contributed by atoms with van der Waals surface area (Å²) < 4.78 is 27.4. The minimum atomic E-state index is -1.44. The van der Waals surface area contributed by atoms with Crippen LogP contribution in [0.15, 0.2) is 42.6 Å². The van der Waals surface area contributed by atoms with Gasteiger partial charge >= 0.3 is 17.9 Å². The summed E-state index contributed by atoms with van der Waals surface area (Å²) in [5, 5.41) is 12.7. The number of nitrogens with one attached hydrogen (secondary N) is 1. The zero-order valence-corrected chi connectivity index (χ0v) is 23.7. The van der Waals surface area contributed by atoms with E-state index in [1.807, 2.05) is 30.3 Å². The van der Waals surface area contributed by atoms with Crippen molar-refractivity contribution >= 4 is 23.8 Å². The van der Waals surface area contributed by atoms with Gasteiger partial charge in [0.15, 0.2) is 36.1 Å². The second-order valence-electron chi connectivity index (χ2n) is 10.1. The minimum absolute atomic E-state index is 0.154. The number of hydrogen-bond acceptors (Lipinski definition) is 11. The normalized spacial score (nSPS) is 21.2. The Kier molecular flexibility index (Phi) is 11.0. The summed E-state index contributed by atoms with van der Waals surface area (Å²) in [7, 11) is 0. The van der Waals surface area contributed by atoms with Gasteiger partial charge in [-0.05, 0) is 32.8 Å². The molecule has 222 valence electrons. The molecular formula is C29H36N2O10. The molecule has 1 aromatic heterocycles. The van der Waals surface area contributed by atoms with Gasteiger partial charge in [-0.25, -0.2) is 9.78 Å². The lowest BCUT2D eigenvalue weighted by Gasteiger charge is -2.29. The molecule has 1 fully saturated rings. The highest BCUT2D eigenvalue weighted by atomic mass is 16.7. The molecule has 2 heterocycles. The van der Waals surface area contributed by atoms with Gasteiger partial charge in [-0.15, -0.1) is 0 Å². The maximum absolute atomic E-state index is 13.3. The SMILES string of the molecule is CC(C)OCOc1c(O)ccnc1C(=O)N[C@H]1COC(=O)[C@H](Cc2ccccc2)[C@@H](OC(=O)C(C)C)[C@H](C)OC1=O. The summed E-state index contributed by atoms with van der Waals surface area (Å²) >= 11 is 0. The molecule has 1 aromatic carbocycles. The topological polar surface area (TPSA) is 160 Å². The summed E-state index contributed by atoms with van der Waals surface area (Å²) in [5.74, 6) is -5.23. The van der Waals surface area contributed by atoms with Gasteiger partial charge in [0.2, 0.25) is 0 Å². The number of hydrogen-bond donors (Lipinski definition) is 2. The Labute approximate surface area is 238 Å². The third kappa shape index (κ3) is 8.65. The van der Waals surface area contributed by atoms with Crippen LogP contribution in [0.25, 0.3) is 0 Å². The summed E-state index contributed by atoms with van der Waals surface area (Å²) in [6.45, 7) is 7.53. The predicted octanol–water partition coefficient (Wildman–Crippen LogP) is 2.56. The Morgan fingerprint density at radius 3 is 2.46 bits per heavy atom. The van der Waals surface area contributed by atoms with Crippen molar-refractivity contribution in [2.75, 3.05) is 13.4 Å². The van der Waals surface area contributed by atoms with E-state index < -0.39 is 60.5 Å². The van der Waals surface area contributed by atoms with Gasteiger partial charge in [-0.3, -0.25) is 14.4 Å². The molecule has 3 rings (SSSR count). The van der Waals surface area contributed by atoms with Crippen LogP contribution in [0, 0.1) is 11.8 Å². The number of aromatic nitrogens is 1. The van der Waals surface area contributed by atoms with Crippen molar-refractivity contribution in [3.05, 3.63) is 53.9 Å². The van der Waals surface area contributed by atoms with Crippen LogP contribution in [0.1, 0.15) is 50.7 Å². The number of nitrogens with zero attached hydrogens (tertiary/aromatic N) is 1. The van der Waals surface area contributed by atoms with E-state index in [0.717, 1.165) is 5.56 Å². The number of amides is 1. The zero-order chi connectivity index (χ0) is 30.1. The van der Waals surface area contributed by atoms with Gasteiger partial charge in [0, 0.05) is 12.3 Å². The van der Waals surface area contributed by atoms with Crippen LogP contribution >= 0.6 is 0 Å². The maximum Gasteiger partial charge on any atom is 0.332 e. The molecule has 1 aliphatic rings. The molecule has 0 spiro atoms. The summed E-state index contributed by atoms with van der Waals surface area (Å²) in [6.07, 6.45) is -1.04. The van der Waals surface area contributed by atoms with Crippen LogP contribution in [0.5, 0.6) is 11.5 Å². The first-order valence-corrected chi connectivity index (χ1v) is 13.3. The van der Waals surface area contributed by atoms with Crippen molar-refractivity contribution in [3.8, 4) is 11.5 Å². The Morgan fingerprint density at radius 2 is 1.80 bits per heavy atom. The number of pyridine rings is 1. The molecule has 0 radical (unpaired) electrons. The van der Waals surface area contributed by atoms with Gasteiger partial charge in [-0.2, -0.15) is 0 Å². The molecule has 1 amide bonds. The average Bonchev–Trinajstić information content (AvgIpc) is 2.96. The monoisotopic (exact) mass is 572 g/mol. The van der Waals surface area contributed by atoms with Crippen LogP contribution in [0.4, 0.5) is 0 Å². The predicted molar refractivity (Wildman–Crippen MR) is 144 cm³/mol. The van der Waals surface area contributed by atoms with Crippen molar-refractivity contribution < 1.29 is 48.0 Å². The van der Waals surface area contributed by atoms with Crippen molar-refractivity contribution in [1.82, 2.24) is 10.3 Å². The van der Waals surface area contributed by atoms with Crippen molar-refractivity contribution in [2.45, 2.75) is 65.4 Å². The van der Waals surface area contributed by atoms with E-state index in [1.54, 1.807) is 27.7 Å². The van der Waals surface area contributed by atoms with Crippen LogP contribution in [0.3, 0.4) is 0 Å². The highest BCUT2D eigenvalue weighted by Crippen LogP contribution is 2.29. The van der Waals surface area contributed by atoms with E-state index in [-0.39, 0.29) is 36.5 Å². The maximum atomic E-state index is 13.3. The first-order valence-electron chi connectivity index (χ1n) is 13.3. The molecule has 2 N–H and O–H groups in total. The lowest BCUT2D eigenvalue weighted by Crippen LogP contribution is -2.47. The largest absolute Gasteiger partial charge is 0.504 e. The fraction of sp³-hybridized carbons (Fsp3) is 0.483. The first-order chi connectivity index (χ1) is 19.5. The van der Waals surface area contributed by atoms with Crippen molar-refractivity contribution in [2.24, 2.45) is 11.8 Å². The third-order valence-electron chi connectivity index (χ3n) is 6.17. The molecule has 12 heteroatoms. The molecule has 1 aliphatic heterocycles. The number of benzene rings is 1. The molecule has 41 heavy (non-hydrogen) atoms. The van der Waals surface area contributed by atoms with Gasteiger partial charge < -0.3 is 34.1 Å². The smallest absolute Gasteiger partial charge is 0.332 e. The summed E-state index contributed by atoms with van der Waals surface area (Å²) in [4.78, 5) is 56.1. The van der Waals surface area contributed by atoms with E-state index in [9.17, 15) is 24.3 Å². The van der Waals surface area contributed by atoms with Crippen LogP contribution < -0.4 is 10.1 Å². The van der Waals surface area contributed by atoms with E-state index in [4.69, 9.17) is 23.7 Å². The summed E-state index contributed by atoms with van der Waals surface area (Å²) in [5.41, 5.74) is 0.460. The lowest BCUT2D eigenvalue weighted by molar-refractivity contribution is -0.176. The fourth-order valence-corrected chi connectivity index (χ4v) is 3.95. The second kappa shape index (κ2) is 14.4. The first kappa shape index (κ1) is 31.3. The Balaban J connectivity index is 1.85. The molecule has 0 bridgehead atoms. The molecule has 4 atom stereocenters. The number of cyclic esters (lactones) is 2. The average molecular weight is 573 g/mol. The van der Waals surface area contributed by atoms with Crippen molar-refractivity contribution in [3.63, 3.8) is 0 Å². The van der Waals surface area contributed by atoms with Crippen LogP contribution in [0.2, 0.25) is 0 Å². The molecule has 0 saturated carbocycles. The van der Waals surface area contributed by atoms with Gasteiger partial charge in [0.25, 0.3) is 5.91 Å². The molecule has 2 aromatic rings. The molecule has 1 saturated heterocycles. The van der Waals surface area contributed by atoms with E-state index in [2.05, 4.69) is 10.3 Å². The van der Waals surface area contributed by atoms with Crippen LogP contribution in [-0.4, -0.2) is 71.7 Å². The zero-order valence-electron chi connectivity index (χ0n) is 23.7. The van der Waals surface area contributed by atoms with Gasteiger partial charge in [0.1, 0.15) is 18.6 Å². The van der Waals surface area contributed by atoms with Crippen molar-refractivity contribution in [1.29, 1.82) is 0 Å². The quantitative estimate of drug-likeness (QED) is 0.245. The third-order valence-corrected chi connectivity index (χ3v) is 6.17. The molecule has 0 aliphatic carbocycles. The number of aromatic hydroxyl groups is 1. The van der Waals surface area contributed by atoms with E-state index in [1.165, 1.54) is 19.2 Å². The molecule has 0 unspecified atom stereocenters. The standard InChI is InChI=1S/C29H36N2O10/c1-16(2)27(34)41-24-18(5)40-29(36)21(14-37-28(35)20(24)13-19-9-7-6-8-10-19)31-26(33)23-25(22(32)11-12-30-23)39-15-38-17(3)4/h6-12,16-18,20-21,24H,13-15H2,1-5H3,(H,30,32)(H,31,33)/t18-,20+,21-,24-/m0/s1. The van der Waals surface area contributed by atoms with Gasteiger partial charge in [0.05, 0.1) is 12.0 Å². The number of carbonyl (C=O) groups excluding carboxylic acids is 4. The minimum Gasteiger partial charge on any atom is -0.504 e. The van der Waals surface area contributed by atoms with Crippen LogP contribution in [-0.2, 0) is 39.8 Å². The highest BCUT2D eigenvalue weighted by molar-refractivity contribution is 5.98. The lowest BCUT2D eigenvalue weighted by atomic mass is 9.91. The van der Waals surface area contributed by atoms with E-state index >= 15 is 0 Å². The molecular weight excluding hydrogens is 536 g/mol.